The molecule has 11 heteroatoms. The maximum atomic E-state index is 14.3. The van der Waals surface area contributed by atoms with Crippen LogP contribution in [-0.4, -0.2) is 52.0 Å². The van der Waals surface area contributed by atoms with E-state index in [0.29, 0.717) is 0 Å². The third kappa shape index (κ3) is 4.15. The average Bonchev–Trinajstić information content (AvgIpc) is 3.65. The van der Waals surface area contributed by atoms with Gasteiger partial charge < -0.3 is 10.2 Å². The fourth-order valence-corrected chi connectivity index (χ4v) is 9.29. The number of hydrogen-bond donors (Lipinski definition) is 1. The van der Waals surface area contributed by atoms with Crippen molar-refractivity contribution in [1.29, 1.82) is 0 Å². The largest absolute Gasteiger partial charge is 0.350 e. The SMILES string of the molecule is O=C(NCc1cccc2ccccc12)[C@@H]1N(Cc2ccccc2)C(=O)[C@H]2C[C@H]3C=C[C@@]21N3S(=O)(=O)c1ccccc1[N+](=O)[O-]. The molecule has 2 saturated heterocycles. The van der Waals surface area contributed by atoms with Crippen LogP contribution >= 0.6 is 0 Å². The lowest BCUT2D eigenvalue weighted by atomic mass is 9.80. The van der Waals surface area contributed by atoms with Crippen LogP contribution in [0.5, 0.6) is 0 Å². The minimum absolute atomic E-state index is 0.0994. The van der Waals surface area contributed by atoms with Crippen LogP contribution in [0, 0.1) is 16.0 Å². The van der Waals surface area contributed by atoms with Gasteiger partial charge in [-0.05, 0) is 34.4 Å². The number of carbonyl (C=O) groups excluding carboxylic acids is 2. The highest BCUT2D eigenvalue weighted by Crippen LogP contribution is 2.56. The number of rotatable bonds is 8. The van der Waals surface area contributed by atoms with Crippen LogP contribution in [-0.2, 0) is 32.7 Å². The molecule has 44 heavy (non-hydrogen) atoms. The number of nitro groups is 1. The molecule has 1 N–H and O–H groups in total. The van der Waals surface area contributed by atoms with Gasteiger partial charge in [-0.25, -0.2) is 8.42 Å². The summed E-state index contributed by atoms with van der Waals surface area (Å²) in [5.41, 5.74) is -0.452. The van der Waals surface area contributed by atoms with Gasteiger partial charge >= 0.3 is 0 Å². The third-order valence-corrected chi connectivity index (χ3v) is 11.0. The first-order valence-corrected chi connectivity index (χ1v) is 15.7. The second-order valence-electron chi connectivity index (χ2n) is 11.3. The molecule has 10 nitrogen and oxygen atoms in total. The van der Waals surface area contributed by atoms with Gasteiger partial charge in [0, 0.05) is 25.2 Å². The van der Waals surface area contributed by atoms with Gasteiger partial charge in [0.2, 0.25) is 11.8 Å². The predicted octanol–water partition coefficient (Wildman–Crippen LogP) is 4.16. The van der Waals surface area contributed by atoms with E-state index >= 15 is 0 Å². The van der Waals surface area contributed by atoms with Crippen LogP contribution in [0.25, 0.3) is 10.8 Å². The van der Waals surface area contributed by atoms with Gasteiger partial charge in [0.15, 0.2) is 4.90 Å². The molecule has 2 bridgehead atoms. The van der Waals surface area contributed by atoms with Gasteiger partial charge in [0.05, 0.1) is 16.4 Å². The Morgan fingerprint density at radius 2 is 1.66 bits per heavy atom. The van der Waals surface area contributed by atoms with Crippen molar-refractivity contribution in [2.45, 2.75) is 42.0 Å². The van der Waals surface area contributed by atoms with E-state index in [1.54, 1.807) is 12.2 Å². The average molecular weight is 609 g/mol. The molecule has 0 saturated carbocycles. The Hall–Kier alpha value is -4.87. The summed E-state index contributed by atoms with van der Waals surface area (Å²) in [4.78, 5) is 40.6. The predicted molar refractivity (Wildman–Crippen MR) is 162 cm³/mol. The number of carbonyl (C=O) groups is 2. The molecule has 0 radical (unpaired) electrons. The monoisotopic (exact) mass is 608 g/mol. The van der Waals surface area contributed by atoms with Crippen molar-refractivity contribution in [2.24, 2.45) is 5.92 Å². The van der Waals surface area contributed by atoms with Crippen molar-refractivity contribution in [1.82, 2.24) is 14.5 Å². The molecule has 3 aliphatic heterocycles. The number of hydrogen-bond acceptors (Lipinski definition) is 6. The van der Waals surface area contributed by atoms with E-state index in [1.165, 1.54) is 27.4 Å². The Bertz CT molecular complexity index is 1960. The van der Waals surface area contributed by atoms with Gasteiger partial charge in [-0.3, -0.25) is 19.7 Å². The van der Waals surface area contributed by atoms with E-state index in [2.05, 4.69) is 5.32 Å². The van der Waals surface area contributed by atoms with E-state index in [0.717, 1.165) is 28.0 Å². The summed E-state index contributed by atoms with van der Waals surface area (Å²) in [6.07, 6.45) is 3.53. The summed E-state index contributed by atoms with van der Waals surface area (Å²) >= 11 is 0. The van der Waals surface area contributed by atoms with Crippen LogP contribution < -0.4 is 5.32 Å². The van der Waals surface area contributed by atoms with Gasteiger partial charge in [0.1, 0.15) is 6.04 Å². The Morgan fingerprint density at radius 1 is 0.955 bits per heavy atom. The molecule has 0 aromatic heterocycles. The van der Waals surface area contributed by atoms with E-state index in [1.807, 2.05) is 72.8 Å². The Balaban J connectivity index is 1.31. The number of nitro benzene ring substituents is 1. The lowest BCUT2D eigenvalue weighted by Crippen LogP contribution is -2.61. The van der Waals surface area contributed by atoms with Gasteiger partial charge in [-0.15, -0.1) is 0 Å². The van der Waals surface area contributed by atoms with Crippen molar-refractivity contribution < 1.29 is 22.9 Å². The number of likely N-dealkylation sites (tertiary alicyclic amines) is 1. The van der Waals surface area contributed by atoms with E-state index in [4.69, 9.17) is 0 Å². The molecule has 2 fully saturated rings. The van der Waals surface area contributed by atoms with E-state index in [9.17, 15) is 28.1 Å². The molecule has 0 unspecified atom stereocenters. The number of nitrogens with zero attached hydrogens (tertiary/aromatic N) is 3. The minimum atomic E-state index is -4.53. The topological polar surface area (TPSA) is 130 Å². The zero-order valence-corrected chi connectivity index (χ0v) is 24.3. The van der Waals surface area contributed by atoms with Gasteiger partial charge in [-0.2, -0.15) is 4.31 Å². The standard InChI is InChI=1S/C33H28N4O6S/c38-31(34-20-24-13-8-12-23-11-4-5-14-26(23)24)30-33-18-17-25(19-27(33)32(39)35(30)21-22-9-2-1-3-10-22)36(33)44(42,43)29-16-7-6-15-28(29)37(40)41/h1-18,25,27,30H,19-21H2,(H,34,38)/t25-,27-,30+,33-/m1/s1. The lowest BCUT2D eigenvalue weighted by Gasteiger charge is -2.38. The summed E-state index contributed by atoms with van der Waals surface area (Å²) in [6.45, 7) is 0.261. The second kappa shape index (κ2) is 10.4. The van der Waals surface area contributed by atoms with Crippen molar-refractivity contribution in [3.05, 3.63) is 130 Å². The highest BCUT2D eigenvalue weighted by molar-refractivity contribution is 7.89. The lowest BCUT2D eigenvalue weighted by molar-refractivity contribution is -0.387. The maximum absolute atomic E-state index is 14.3. The maximum Gasteiger partial charge on any atom is 0.289 e. The smallest absolute Gasteiger partial charge is 0.289 e. The molecule has 4 atom stereocenters. The molecule has 4 aromatic carbocycles. The first kappa shape index (κ1) is 27.9. The highest BCUT2D eigenvalue weighted by Gasteiger charge is 2.73. The summed E-state index contributed by atoms with van der Waals surface area (Å²) in [5, 5.41) is 16.8. The number of sulfonamides is 1. The Kier molecular flexibility index (Phi) is 6.60. The molecule has 2 amide bonds. The highest BCUT2D eigenvalue weighted by atomic mass is 32.2. The van der Waals surface area contributed by atoms with Crippen molar-refractivity contribution in [2.75, 3.05) is 0 Å². The molecule has 3 aliphatic rings. The molecule has 222 valence electrons. The number of benzene rings is 4. The molecule has 3 heterocycles. The van der Waals surface area contributed by atoms with E-state index in [-0.39, 0.29) is 25.4 Å². The minimum Gasteiger partial charge on any atom is -0.350 e. The van der Waals surface area contributed by atoms with Crippen molar-refractivity contribution in [3.63, 3.8) is 0 Å². The number of para-hydroxylation sites is 1. The normalized spacial score (nSPS) is 24.1. The van der Waals surface area contributed by atoms with Crippen molar-refractivity contribution in [3.8, 4) is 0 Å². The van der Waals surface area contributed by atoms with Crippen LogP contribution in [0.4, 0.5) is 5.69 Å². The van der Waals surface area contributed by atoms with E-state index < -0.39 is 55.0 Å². The van der Waals surface area contributed by atoms with Crippen LogP contribution in [0.15, 0.2) is 114 Å². The zero-order chi connectivity index (χ0) is 30.6. The summed E-state index contributed by atoms with van der Waals surface area (Å²) < 4.78 is 29.9. The number of amides is 2. The molecular formula is C33H28N4O6S. The van der Waals surface area contributed by atoms with Crippen LogP contribution in [0.1, 0.15) is 17.5 Å². The zero-order valence-electron chi connectivity index (χ0n) is 23.4. The Morgan fingerprint density at radius 3 is 2.45 bits per heavy atom. The fourth-order valence-electron chi connectivity index (χ4n) is 7.20. The Labute approximate surface area is 253 Å². The first-order chi connectivity index (χ1) is 21.2. The molecule has 1 spiro atoms. The van der Waals surface area contributed by atoms with Crippen LogP contribution in [0.2, 0.25) is 0 Å². The fraction of sp³-hybridized carbons (Fsp3) is 0.212. The van der Waals surface area contributed by atoms with Crippen molar-refractivity contribution >= 4 is 38.3 Å². The molecular weight excluding hydrogens is 580 g/mol. The third-order valence-electron chi connectivity index (χ3n) is 9.01. The van der Waals surface area contributed by atoms with Gasteiger partial charge in [0.25, 0.3) is 15.7 Å². The quantitative estimate of drug-likeness (QED) is 0.182. The molecule has 0 aliphatic carbocycles. The summed E-state index contributed by atoms with van der Waals surface area (Å²) in [7, 11) is -4.53. The van der Waals surface area contributed by atoms with Gasteiger partial charge in [-0.1, -0.05) is 97.1 Å². The second-order valence-corrected chi connectivity index (χ2v) is 13.1. The molecule has 7 rings (SSSR count). The summed E-state index contributed by atoms with van der Waals surface area (Å²) in [5.74, 6) is -1.65. The first-order valence-electron chi connectivity index (χ1n) is 14.3. The molecule has 4 aromatic rings. The number of fused-ring (bicyclic) bond motifs is 2. The van der Waals surface area contributed by atoms with Crippen LogP contribution in [0.3, 0.4) is 0 Å². The summed E-state index contributed by atoms with van der Waals surface area (Å²) in [6, 6.07) is 26.1. The number of nitrogens with one attached hydrogen (secondary N) is 1.